The Morgan fingerprint density at radius 2 is 2.25 bits per heavy atom. The summed E-state index contributed by atoms with van der Waals surface area (Å²) in [7, 11) is 5.14. The highest BCUT2D eigenvalue weighted by molar-refractivity contribution is 5.99. The molecule has 0 bridgehead atoms. The number of aromatic nitrogens is 1. The summed E-state index contributed by atoms with van der Waals surface area (Å²) in [4.78, 5) is 21.1. The number of amides is 1. The lowest BCUT2D eigenvalue weighted by Crippen LogP contribution is -2.10. The molecule has 5 nitrogen and oxygen atoms in total. The maximum Gasteiger partial charge on any atom is 0.280 e. The zero-order chi connectivity index (χ0) is 12.1. The number of hydrogen-bond acceptors (Lipinski definition) is 3. The molecule has 1 aromatic rings. The summed E-state index contributed by atoms with van der Waals surface area (Å²) in [5, 5.41) is 0. The molecule has 1 heterocycles. The van der Waals surface area contributed by atoms with E-state index in [9.17, 15) is 4.79 Å². The second-order valence-corrected chi connectivity index (χ2v) is 3.55. The molecule has 0 saturated heterocycles. The monoisotopic (exact) mass is 221 g/mol. The van der Waals surface area contributed by atoms with Crippen LogP contribution in [0.4, 0.5) is 0 Å². The molecule has 1 aromatic heterocycles. The van der Waals surface area contributed by atoms with Gasteiger partial charge in [-0.1, -0.05) is 0 Å². The number of carbonyl (C=O) groups excluding carboxylic acids is 1. The molecule has 0 aromatic carbocycles. The standard InChI is InChI=1S/C11H15N3O2/c1-8-5-10(16-4)12-6-9(8)11(15)13-7-14(2)3/h5-7H,1-4H3/b13-7-. The van der Waals surface area contributed by atoms with Gasteiger partial charge in [-0.15, -0.1) is 0 Å². The summed E-state index contributed by atoms with van der Waals surface area (Å²) in [6.07, 6.45) is 2.94. The predicted octanol–water partition coefficient (Wildman–Crippen LogP) is 1.13. The lowest BCUT2D eigenvalue weighted by Gasteiger charge is -2.05. The van der Waals surface area contributed by atoms with Crippen LogP contribution in [0.25, 0.3) is 0 Å². The van der Waals surface area contributed by atoms with Gasteiger partial charge in [-0.05, 0) is 12.5 Å². The highest BCUT2D eigenvalue weighted by Gasteiger charge is 2.08. The minimum absolute atomic E-state index is 0.304. The van der Waals surface area contributed by atoms with Crippen molar-refractivity contribution in [1.82, 2.24) is 9.88 Å². The zero-order valence-electron chi connectivity index (χ0n) is 9.89. The van der Waals surface area contributed by atoms with Crippen LogP contribution in [0.15, 0.2) is 17.3 Å². The number of pyridine rings is 1. The zero-order valence-corrected chi connectivity index (χ0v) is 9.89. The Morgan fingerprint density at radius 1 is 1.56 bits per heavy atom. The molecule has 0 fully saturated rings. The quantitative estimate of drug-likeness (QED) is 0.567. The average molecular weight is 221 g/mol. The van der Waals surface area contributed by atoms with Gasteiger partial charge in [0.15, 0.2) is 0 Å². The van der Waals surface area contributed by atoms with Crippen molar-refractivity contribution in [1.29, 1.82) is 0 Å². The maximum absolute atomic E-state index is 11.7. The van der Waals surface area contributed by atoms with Crippen molar-refractivity contribution in [3.05, 3.63) is 23.4 Å². The molecule has 86 valence electrons. The number of ether oxygens (including phenoxy) is 1. The Bertz CT molecular complexity index is 414. The van der Waals surface area contributed by atoms with Crippen LogP contribution in [0.2, 0.25) is 0 Å². The fraction of sp³-hybridized carbons (Fsp3) is 0.364. The van der Waals surface area contributed by atoms with Crippen molar-refractivity contribution in [3.8, 4) is 5.88 Å². The molecule has 5 heteroatoms. The van der Waals surface area contributed by atoms with E-state index >= 15 is 0 Å². The number of aryl methyl sites for hydroxylation is 1. The molecule has 0 atom stereocenters. The van der Waals surface area contributed by atoms with Gasteiger partial charge in [-0.3, -0.25) is 4.79 Å². The van der Waals surface area contributed by atoms with Crippen LogP contribution in [0.1, 0.15) is 15.9 Å². The Labute approximate surface area is 94.8 Å². The van der Waals surface area contributed by atoms with Gasteiger partial charge in [0.1, 0.15) is 0 Å². The average Bonchev–Trinajstić information content (AvgIpc) is 2.25. The molecular formula is C11H15N3O2. The van der Waals surface area contributed by atoms with Crippen molar-refractivity contribution >= 4 is 12.2 Å². The van der Waals surface area contributed by atoms with Gasteiger partial charge < -0.3 is 9.64 Å². The lowest BCUT2D eigenvalue weighted by molar-refractivity contribution is 0.100. The van der Waals surface area contributed by atoms with E-state index in [2.05, 4.69) is 9.98 Å². The Hall–Kier alpha value is -1.91. The van der Waals surface area contributed by atoms with Gasteiger partial charge in [-0.2, -0.15) is 4.99 Å². The summed E-state index contributed by atoms with van der Waals surface area (Å²) in [6, 6.07) is 1.71. The maximum atomic E-state index is 11.7. The van der Waals surface area contributed by atoms with Crippen LogP contribution in [-0.4, -0.2) is 43.3 Å². The van der Waals surface area contributed by atoms with E-state index in [-0.39, 0.29) is 5.91 Å². The fourth-order valence-corrected chi connectivity index (χ4v) is 1.10. The van der Waals surface area contributed by atoms with Gasteiger partial charge >= 0.3 is 0 Å². The molecule has 0 N–H and O–H groups in total. The molecule has 0 aliphatic heterocycles. The number of methoxy groups -OCH3 is 1. The number of nitrogens with zero attached hydrogens (tertiary/aromatic N) is 3. The lowest BCUT2D eigenvalue weighted by atomic mass is 10.1. The third-order valence-electron chi connectivity index (χ3n) is 1.93. The van der Waals surface area contributed by atoms with Gasteiger partial charge in [-0.25, -0.2) is 4.98 Å². The first-order chi connectivity index (χ1) is 7.54. The normalized spacial score (nSPS) is 10.5. The number of aliphatic imine (C=N–C) groups is 1. The first kappa shape index (κ1) is 12.2. The van der Waals surface area contributed by atoms with Crippen molar-refractivity contribution in [3.63, 3.8) is 0 Å². The Morgan fingerprint density at radius 3 is 2.75 bits per heavy atom. The van der Waals surface area contributed by atoms with E-state index in [4.69, 9.17) is 4.74 Å². The fourth-order valence-electron chi connectivity index (χ4n) is 1.10. The molecular weight excluding hydrogens is 206 g/mol. The van der Waals surface area contributed by atoms with Gasteiger partial charge in [0.05, 0.1) is 19.0 Å². The molecule has 0 spiro atoms. The largest absolute Gasteiger partial charge is 0.481 e. The van der Waals surface area contributed by atoms with E-state index in [1.807, 2.05) is 6.92 Å². The molecule has 0 aliphatic carbocycles. The van der Waals surface area contributed by atoms with Crippen LogP contribution in [0, 0.1) is 6.92 Å². The topological polar surface area (TPSA) is 54.8 Å². The third-order valence-corrected chi connectivity index (χ3v) is 1.93. The SMILES string of the molecule is COc1cc(C)c(C(=O)/N=C\N(C)C)cn1. The molecule has 0 radical (unpaired) electrons. The minimum atomic E-state index is -0.304. The second-order valence-electron chi connectivity index (χ2n) is 3.55. The smallest absolute Gasteiger partial charge is 0.280 e. The van der Waals surface area contributed by atoms with Crippen LogP contribution in [0.5, 0.6) is 5.88 Å². The van der Waals surface area contributed by atoms with Crippen LogP contribution in [0.3, 0.4) is 0 Å². The minimum Gasteiger partial charge on any atom is -0.481 e. The van der Waals surface area contributed by atoms with Crippen LogP contribution < -0.4 is 4.74 Å². The highest BCUT2D eigenvalue weighted by atomic mass is 16.5. The van der Waals surface area contributed by atoms with E-state index in [1.54, 1.807) is 25.1 Å². The first-order valence-corrected chi connectivity index (χ1v) is 4.80. The molecule has 1 rings (SSSR count). The molecule has 0 aliphatic rings. The van der Waals surface area contributed by atoms with Crippen molar-refractivity contribution < 1.29 is 9.53 Å². The number of hydrogen-bond donors (Lipinski definition) is 0. The van der Waals surface area contributed by atoms with Crippen molar-refractivity contribution in [2.24, 2.45) is 4.99 Å². The van der Waals surface area contributed by atoms with Gasteiger partial charge in [0.25, 0.3) is 5.91 Å². The van der Waals surface area contributed by atoms with Crippen molar-refractivity contribution in [2.45, 2.75) is 6.92 Å². The van der Waals surface area contributed by atoms with Crippen LogP contribution >= 0.6 is 0 Å². The molecule has 16 heavy (non-hydrogen) atoms. The molecule has 0 saturated carbocycles. The highest BCUT2D eigenvalue weighted by Crippen LogP contribution is 2.13. The third kappa shape index (κ3) is 3.05. The number of rotatable bonds is 3. The second kappa shape index (κ2) is 5.25. The van der Waals surface area contributed by atoms with E-state index < -0.39 is 0 Å². The first-order valence-electron chi connectivity index (χ1n) is 4.80. The van der Waals surface area contributed by atoms with E-state index in [1.165, 1.54) is 19.6 Å². The van der Waals surface area contributed by atoms with Gasteiger partial charge in [0, 0.05) is 26.4 Å². The van der Waals surface area contributed by atoms with E-state index in [0.29, 0.717) is 11.4 Å². The van der Waals surface area contributed by atoms with Crippen LogP contribution in [-0.2, 0) is 0 Å². The summed E-state index contributed by atoms with van der Waals surface area (Å²) in [5.41, 5.74) is 1.28. The van der Waals surface area contributed by atoms with Gasteiger partial charge in [0.2, 0.25) is 5.88 Å². The predicted molar refractivity (Wildman–Crippen MR) is 62.0 cm³/mol. The number of carbonyl (C=O) groups is 1. The molecule has 1 amide bonds. The summed E-state index contributed by atoms with van der Waals surface area (Å²) in [6.45, 7) is 1.82. The summed E-state index contributed by atoms with van der Waals surface area (Å²) < 4.78 is 4.96. The van der Waals surface area contributed by atoms with E-state index in [0.717, 1.165) is 5.56 Å². The summed E-state index contributed by atoms with van der Waals surface area (Å²) >= 11 is 0. The Kier molecular flexibility index (Phi) is 3.99. The Balaban J connectivity index is 2.92. The summed E-state index contributed by atoms with van der Waals surface area (Å²) in [5.74, 6) is 0.187. The molecule has 0 unspecified atom stereocenters. The van der Waals surface area contributed by atoms with Crippen molar-refractivity contribution in [2.75, 3.05) is 21.2 Å².